The molecule has 0 radical (unpaired) electrons. The van der Waals surface area contributed by atoms with Gasteiger partial charge >= 0.3 is 0 Å². The van der Waals surface area contributed by atoms with E-state index < -0.39 is 5.91 Å². The Morgan fingerprint density at radius 1 is 0.684 bits per heavy atom. The van der Waals surface area contributed by atoms with Gasteiger partial charge in [-0.15, -0.1) is 0 Å². The molecule has 0 unspecified atom stereocenters. The highest BCUT2D eigenvalue weighted by Crippen LogP contribution is 2.40. The second-order valence-corrected chi connectivity index (χ2v) is 7.81. The van der Waals surface area contributed by atoms with Gasteiger partial charge < -0.3 is 38.8 Å². The SMILES string of the molecule is COc1cc(C=Cc2cccc(O)c2NC(=O)/C=C/c2cc(OC)c(OC)c(OC)c2)cc(OC)c1OC. The summed E-state index contributed by atoms with van der Waals surface area (Å²) in [5.74, 6) is 2.36. The lowest BCUT2D eigenvalue weighted by molar-refractivity contribution is -0.111. The third-order valence-corrected chi connectivity index (χ3v) is 5.58. The summed E-state index contributed by atoms with van der Waals surface area (Å²) in [7, 11) is 9.17. The summed E-state index contributed by atoms with van der Waals surface area (Å²) in [5.41, 5.74) is 2.28. The van der Waals surface area contributed by atoms with Gasteiger partial charge in [-0.1, -0.05) is 24.3 Å². The Balaban J connectivity index is 1.86. The van der Waals surface area contributed by atoms with Crippen LogP contribution in [0, 0.1) is 0 Å². The van der Waals surface area contributed by atoms with E-state index in [0.717, 1.165) is 5.56 Å². The zero-order chi connectivity index (χ0) is 27.7. The van der Waals surface area contributed by atoms with Crippen LogP contribution in [0.2, 0.25) is 0 Å². The Morgan fingerprint density at radius 2 is 1.16 bits per heavy atom. The van der Waals surface area contributed by atoms with Gasteiger partial charge in [-0.2, -0.15) is 0 Å². The van der Waals surface area contributed by atoms with Crippen molar-refractivity contribution in [1.29, 1.82) is 0 Å². The molecule has 2 N–H and O–H groups in total. The minimum atomic E-state index is -0.442. The first kappa shape index (κ1) is 27.8. The first-order chi connectivity index (χ1) is 18.4. The fourth-order valence-electron chi connectivity index (χ4n) is 3.75. The van der Waals surface area contributed by atoms with Gasteiger partial charge in [-0.05, 0) is 47.5 Å². The van der Waals surface area contributed by atoms with Crippen LogP contribution in [0.5, 0.6) is 40.2 Å². The van der Waals surface area contributed by atoms with Gasteiger partial charge in [0.2, 0.25) is 17.4 Å². The molecule has 0 atom stereocenters. The average Bonchev–Trinajstić information content (AvgIpc) is 2.94. The van der Waals surface area contributed by atoms with Crippen molar-refractivity contribution in [1.82, 2.24) is 0 Å². The van der Waals surface area contributed by atoms with Crippen LogP contribution in [0.25, 0.3) is 18.2 Å². The van der Waals surface area contributed by atoms with Crippen molar-refractivity contribution in [2.45, 2.75) is 0 Å². The number of phenolic OH excluding ortho intramolecular Hbond substituents is 1. The molecule has 9 nitrogen and oxygen atoms in total. The summed E-state index contributed by atoms with van der Waals surface area (Å²) < 4.78 is 32.2. The molecule has 0 spiro atoms. The molecule has 1 amide bonds. The van der Waals surface area contributed by atoms with E-state index in [9.17, 15) is 9.90 Å². The van der Waals surface area contributed by atoms with E-state index in [0.29, 0.717) is 45.6 Å². The smallest absolute Gasteiger partial charge is 0.248 e. The summed E-state index contributed by atoms with van der Waals surface area (Å²) in [4.78, 5) is 12.8. The first-order valence-electron chi connectivity index (χ1n) is 11.5. The summed E-state index contributed by atoms with van der Waals surface area (Å²) >= 11 is 0. The molecule has 9 heteroatoms. The molecule has 0 fully saturated rings. The second kappa shape index (κ2) is 13.0. The lowest BCUT2D eigenvalue weighted by Gasteiger charge is -2.13. The third kappa shape index (κ3) is 6.31. The maximum absolute atomic E-state index is 12.8. The second-order valence-electron chi connectivity index (χ2n) is 7.81. The fraction of sp³-hybridized carbons (Fsp3) is 0.207. The van der Waals surface area contributed by atoms with E-state index >= 15 is 0 Å². The van der Waals surface area contributed by atoms with E-state index in [4.69, 9.17) is 28.4 Å². The monoisotopic (exact) mass is 521 g/mol. The number of carbonyl (C=O) groups excluding carboxylic acids is 1. The highest BCUT2D eigenvalue weighted by molar-refractivity contribution is 6.04. The maximum Gasteiger partial charge on any atom is 0.248 e. The van der Waals surface area contributed by atoms with Crippen molar-refractivity contribution in [2.75, 3.05) is 48.0 Å². The number of hydrogen-bond donors (Lipinski definition) is 2. The molecule has 38 heavy (non-hydrogen) atoms. The Morgan fingerprint density at radius 3 is 1.61 bits per heavy atom. The van der Waals surface area contributed by atoms with Crippen molar-refractivity contribution in [3.8, 4) is 40.2 Å². The molecule has 200 valence electrons. The van der Waals surface area contributed by atoms with E-state index in [2.05, 4.69) is 5.32 Å². The van der Waals surface area contributed by atoms with Gasteiger partial charge in [0.25, 0.3) is 0 Å². The van der Waals surface area contributed by atoms with Crippen LogP contribution in [0.15, 0.2) is 48.5 Å². The average molecular weight is 522 g/mol. The molecule has 0 aliphatic heterocycles. The number of amides is 1. The molecule has 3 aromatic carbocycles. The summed E-state index contributed by atoms with van der Waals surface area (Å²) in [6, 6.07) is 12.0. The molecule has 3 aromatic rings. The summed E-state index contributed by atoms with van der Waals surface area (Å²) in [6.45, 7) is 0. The van der Waals surface area contributed by atoms with Gasteiger partial charge in [0, 0.05) is 11.6 Å². The molecule has 0 aliphatic carbocycles. The Hall–Kier alpha value is -4.79. The minimum Gasteiger partial charge on any atom is -0.506 e. The number of para-hydroxylation sites is 1. The zero-order valence-electron chi connectivity index (χ0n) is 22.2. The number of ether oxygens (including phenoxy) is 6. The molecule has 0 bridgehead atoms. The third-order valence-electron chi connectivity index (χ3n) is 5.58. The van der Waals surface area contributed by atoms with Crippen LogP contribution < -0.4 is 33.7 Å². The van der Waals surface area contributed by atoms with Crippen LogP contribution in [0.3, 0.4) is 0 Å². The highest BCUT2D eigenvalue weighted by atomic mass is 16.5. The van der Waals surface area contributed by atoms with Crippen molar-refractivity contribution in [3.63, 3.8) is 0 Å². The number of carbonyl (C=O) groups is 1. The van der Waals surface area contributed by atoms with Crippen molar-refractivity contribution in [3.05, 3.63) is 65.2 Å². The van der Waals surface area contributed by atoms with Crippen molar-refractivity contribution >= 4 is 29.8 Å². The predicted octanol–water partition coefficient (Wildman–Crippen LogP) is 5.27. The van der Waals surface area contributed by atoms with Crippen molar-refractivity contribution in [2.24, 2.45) is 0 Å². The van der Waals surface area contributed by atoms with Crippen molar-refractivity contribution < 1.29 is 38.3 Å². The Labute approximate surface area is 221 Å². The fourth-order valence-corrected chi connectivity index (χ4v) is 3.75. The molecule has 3 rings (SSSR count). The predicted molar refractivity (Wildman–Crippen MR) is 147 cm³/mol. The number of benzene rings is 3. The largest absolute Gasteiger partial charge is 0.506 e. The molecular weight excluding hydrogens is 490 g/mol. The lowest BCUT2D eigenvalue weighted by Crippen LogP contribution is -2.09. The van der Waals surface area contributed by atoms with Crippen LogP contribution in [0.4, 0.5) is 5.69 Å². The van der Waals surface area contributed by atoms with Crippen LogP contribution in [0.1, 0.15) is 16.7 Å². The summed E-state index contributed by atoms with van der Waals surface area (Å²) in [6.07, 6.45) is 6.52. The lowest BCUT2D eigenvalue weighted by atomic mass is 10.1. The quantitative estimate of drug-likeness (QED) is 0.200. The first-order valence-corrected chi connectivity index (χ1v) is 11.5. The van der Waals surface area contributed by atoms with Crippen LogP contribution in [-0.4, -0.2) is 53.7 Å². The Bertz CT molecular complexity index is 1300. The normalized spacial score (nSPS) is 10.9. The van der Waals surface area contributed by atoms with E-state index in [1.807, 2.05) is 0 Å². The number of rotatable bonds is 11. The van der Waals surface area contributed by atoms with Gasteiger partial charge in [-0.25, -0.2) is 0 Å². The molecule has 0 heterocycles. The Kier molecular flexibility index (Phi) is 9.48. The number of anilines is 1. The number of hydrogen-bond acceptors (Lipinski definition) is 8. The number of phenols is 1. The molecule has 0 saturated carbocycles. The van der Waals surface area contributed by atoms with Gasteiger partial charge in [0.05, 0.1) is 48.3 Å². The van der Waals surface area contributed by atoms with Crippen LogP contribution in [-0.2, 0) is 4.79 Å². The number of nitrogens with one attached hydrogen (secondary N) is 1. The van der Waals surface area contributed by atoms with E-state index in [1.54, 1.807) is 68.8 Å². The van der Waals surface area contributed by atoms with E-state index in [1.165, 1.54) is 40.6 Å². The topological polar surface area (TPSA) is 105 Å². The van der Waals surface area contributed by atoms with Gasteiger partial charge in [0.1, 0.15) is 5.75 Å². The maximum atomic E-state index is 12.8. The highest BCUT2D eigenvalue weighted by Gasteiger charge is 2.14. The van der Waals surface area contributed by atoms with Gasteiger partial charge in [-0.3, -0.25) is 4.79 Å². The number of aromatic hydroxyl groups is 1. The van der Waals surface area contributed by atoms with E-state index in [-0.39, 0.29) is 11.4 Å². The standard InChI is InChI=1S/C29H31NO8/c1-33-22-14-18(15-23(34-2)28(22)37-5)10-12-20-8-7-9-21(31)27(20)30-26(32)13-11-19-16-24(35-3)29(38-6)25(17-19)36-4/h7-17,31H,1-6H3,(H,30,32)/b12-10?,13-11+. The molecule has 0 aliphatic rings. The van der Waals surface area contributed by atoms with Gasteiger partial charge in [0.15, 0.2) is 23.0 Å². The minimum absolute atomic E-state index is 0.0772. The summed E-state index contributed by atoms with van der Waals surface area (Å²) in [5, 5.41) is 13.2. The molecule has 0 aromatic heterocycles. The van der Waals surface area contributed by atoms with Crippen LogP contribution >= 0.6 is 0 Å². The molecular formula is C29H31NO8. The molecule has 0 saturated heterocycles. The zero-order valence-corrected chi connectivity index (χ0v) is 22.2. The number of methoxy groups -OCH3 is 6.